The van der Waals surface area contributed by atoms with Crippen molar-refractivity contribution in [3.63, 3.8) is 0 Å². The zero-order valence-corrected chi connectivity index (χ0v) is 19.2. The standard InChI is InChI=1S/C25H19Cl2NO5/c1-14(25(30)28-17-8-10-18(31-2)11-9-17)32-24-21(29)19-12-16(26)13-20(27)23(19)33-22(24)15-6-4-3-5-7-15/h3-14H,1-2H3,(H,28,30). The molecule has 0 aliphatic rings. The van der Waals surface area contributed by atoms with Crippen LogP contribution in [-0.2, 0) is 4.79 Å². The van der Waals surface area contributed by atoms with Crippen molar-refractivity contribution < 1.29 is 18.7 Å². The topological polar surface area (TPSA) is 77.8 Å². The molecule has 0 bridgehead atoms. The fraction of sp³-hybridized carbons (Fsp3) is 0.120. The van der Waals surface area contributed by atoms with Crippen molar-refractivity contribution in [3.05, 3.63) is 87.0 Å². The molecule has 168 valence electrons. The maximum absolute atomic E-state index is 13.4. The normalized spacial score (nSPS) is 11.8. The third kappa shape index (κ3) is 4.82. The number of amides is 1. The highest BCUT2D eigenvalue weighted by Crippen LogP contribution is 2.35. The summed E-state index contributed by atoms with van der Waals surface area (Å²) in [7, 11) is 1.56. The van der Waals surface area contributed by atoms with E-state index >= 15 is 0 Å². The van der Waals surface area contributed by atoms with Crippen LogP contribution in [0.3, 0.4) is 0 Å². The summed E-state index contributed by atoms with van der Waals surface area (Å²) in [6, 6.07) is 18.8. The number of hydrogen-bond donors (Lipinski definition) is 1. The highest BCUT2D eigenvalue weighted by atomic mass is 35.5. The highest BCUT2D eigenvalue weighted by molar-refractivity contribution is 6.38. The summed E-state index contributed by atoms with van der Waals surface area (Å²) < 4.78 is 17.0. The number of rotatable bonds is 6. The Labute approximate surface area is 199 Å². The second-order valence-electron chi connectivity index (χ2n) is 7.20. The summed E-state index contributed by atoms with van der Waals surface area (Å²) in [4.78, 5) is 26.1. The molecule has 0 fully saturated rings. The fourth-order valence-electron chi connectivity index (χ4n) is 3.24. The molecule has 8 heteroatoms. The molecule has 0 radical (unpaired) electrons. The van der Waals surface area contributed by atoms with Crippen LogP contribution in [0, 0.1) is 0 Å². The molecule has 1 aromatic heterocycles. The van der Waals surface area contributed by atoms with Gasteiger partial charge in [-0.2, -0.15) is 0 Å². The average Bonchev–Trinajstić information content (AvgIpc) is 2.82. The van der Waals surface area contributed by atoms with E-state index in [1.54, 1.807) is 62.6 Å². The quantitative estimate of drug-likeness (QED) is 0.354. The molecule has 1 unspecified atom stereocenters. The van der Waals surface area contributed by atoms with Crippen LogP contribution >= 0.6 is 23.2 Å². The minimum Gasteiger partial charge on any atom is -0.497 e. The predicted molar refractivity (Wildman–Crippen MR) is 130 cm³/mol. The van der Waals surface area contributed by atoms with Crippen LogP contribution in [0.25, 0.3) is 22.3 Å². The molecule has 0 aliphatic heterocycles. The Hall–Kier alpha value is -3.48. The molecule has 0 saturated carbocycles. The first-order valence-corrected chi connectivity index (χ1v) is 10.8. The third-order valence-electron chi connectivity index (χ3n) is 4.93. The Morgan fingerprint density at radius 1 is 1.03 bits per heavy atom. The lowest BCUT2D eigenvalue weighted by molar-refractivity contribution is -0.122. The highest BCUT2D eigenvalue weighted by Gasteiger charge is 2.24. The number of benzene rings is 3. The summed E-state index contributed by atoms with van der Waals surface area (Å²) in [5.74, 6) is 0.282. The van der Waals surface area contributed by atoms with E-state index in [0.29, 0.717) is 17.0 Å². The van der Waals surface area contributed by atoms with Crippen LogP contribution in [0.4, 0.5) is 5.69 Å². The van der Waals surface area contributed by atoms with Crippen molar-refractivity contribution in [2.45, 2.75) is 13.0 Å². The molecule has 4 aromatic rings. The Morgan fingerprint density at radius 3 is 2.39 bits per heavy atom. The smallest absolute Gasteiger partial charge is 0.265 e. The summed E-state index contributed by atoms with van der Waals surface area (Å²) in [6.45, 7) is 1.54. The minimum atomic E-state index is -1.01. The Kier molecular flexibility index (Phi) is 6.58. The predicted octanol–water partition coefficient (Wildman–Crippen LogP) is 6.18. The third-order valence-corrected chi connectivity index (χ3v) is 5.43. The van der Waals surface area contributed by atoms with Crippen molar-refractivity contribution in [2.75, 3.05) is 12.4 Å². The number of methoxy groups -OCH3 is 1. The molecule has 3 aromatic carbocycles. The van der Waals surface area contributed by atoms with Gasteiger partial charge in [-0.3, -0.25) is 9.59 Å². The van der Waals surface area contributed by atoms with E-state index in [1.165, 1.54) is 12.1 Å². The number of hydrogen-bond acceptors (Lipinski definition) is 5. The molecule has 4 rings (SSSR count). The lowest BCUT2D eigenvalue weighted by atomic mass is 10.1. The molecule has 1 amide bonds. The number of carbonyl (C=O) groups is 1. The zero-order chi connectivity index (χ0) is 23.5. The number of nitrogens with one attached hydrogen (secondary N) is 1. The van der Waals surface area contributed by atoms with Gasteiger partial charge in [0.1, 0.15) is 5.75 Å². The number of carbonyl (C=O) groups excluding carboxylic acids is 1. The van der Waals surface area contributed by atoms with Gasteiger partial charge in [0.25, 0.3) is 5.91 Å². The van der Waals surface area contributed by atoms with Crippen molar-refractivity contribution >= 4 is 45.8 Å². The van der Waals surface area contributed by atoms with E-state index in [1.807, 2.05) is 6.07 Å². The second-order valence-corrected chi connectivity index (χ2v) is 8.04. The molecule has 1 atom stereocenters. The molecule has 6 nitrogen and oxygen atoms in total. The number of fused-ring (bicyclic) bond motifs is 1. The molecular formula is C25H19Cl2NO5. The van der Waals surface area contributed by atoms with Crippen LogP contribution < -0.4 is 20.2 Å². The van der Waals surface area contributed by atoms with Crippen molar-refractivity contribution in [1.29, 1.82) is 0 Å². The number of halogens is 2. The van der Waals surface area contributed by atoms with E-state index < -0.39 is 17.4 Å². The van der Waals surface area contributed by atoms with Gasteiger partial charge in [0.15, 0.2) is 17.4 Å². The van der Waals surface area contributed by atoms with E-state index in [-0.39, 0.29) is 32.5 Å². The largest absolute Gasteiger partial charge is 0.497 e. The zero-order valence-electron chi connectivity index (χ0n) is 17.7. The molecule has 0 aliphatic carbocycles. The van der Waals surface area contributed by atoms with Crippen molar-refractivity contribution in [2.24, 2.45) is 0 Å². The van der Waals surface area contributed by atoms with Crippen LogP contribution in [-0.4, -0.2) is 19.1 Å². The van der Waals surface area contributed by atoms with Gasteiger partial charge in [0.05, 0.1) is 17.5 Å². The van der Waals surface area contributed by atoms with Crippen LogP contribution in [0.15, 0.2) is 75.9 Å². The van der Waals surface area contributed by atoms with Gasteiger partial charge >= 0.3 is 0 Å². The van der Waals surface area contributed by atoms with Crippen LogP contribution in [0.5, 0.6) is 11.5 Å². The van der Waals surface area contributed by atoms with Crippen LogP contribution in [0.1, 0.15) is 6.92 Å². The van der Waals surface area contributed by atoms with Crippen molar-refractivity contribution in [1.82, 2.24) is 0 Å². The summed E-state index contributed by atoms with van der Waals surface area (Å²) in [5.41, 5.74) is 0.861. The molecule has 1 N–H and O–H groups in total. The van der Waals surface area contributed by atoms with Gasteiger partial charge in [0.2, 0.25) is 11.2 Å². The van der Waals surface area contributed by atoms with Crippen LogP contribution in [0.2, 0.25) is 10.0 Å². The van der Waals surface area contributed by atoms with Gasteiger partial charge in [-0.1, -0.05) is 53.5 Å². The molecule has 0 saturated heterocycles. The van der Waals surface area contributed by atoms with E-state index in [9.17, 15) is 9.59 Å². The first-order valence-electron chi connectivity index (χ1n) is 10.00. The SMILES string of the molecule is COc1ccc(NC(=O)C(C)Oc2c(-c3ccccc3)oc3c(Cl)cc(Cl)cc3c2=O)cc1. The monoisotopic (exact) mass is 483 g/mol. The van der Waals surface area contributed by atoms with Gasteiger partial charge in [-0.25, -0.2) is 0 Å². The Bertz CT molecular complexity index is 1370. The van der Waals surface area contributed by atoms with E-state index in [2.05, 4.69) is 5.32 Å². The molecule has 33 heavy (non-hydrogen) atoms. The lowest BCUT2D eigenvalue weighted by Gasteiger charge is -2.17. The maximum Gasteiger partial charge on any atom is 0.265 e. The first kappa shape index (κ1) is 22.7. The summed E-state index contributed by atoms with van der Waals surface area (Å²) in [6.07, 6.45) is -1.01. The maximum atomic E-state index is 13.4. The summed E-state index contributed by atoms with van der Waals surface area (Å²) in [5, 5.41) is 3.39. The number of anilines is 1. The fourth-order valence-corrected chi connectivity index (χ4v) is 3.77. The van der Waals surface area contributed by atoms with Gasteiger partial charge in [-0.05, 0) is 43.3 Å². The molecule has 1 heterocycles. The van der Waals surface area contributed by atoms with E-state index in [4.69, 9.17) is 37.1 Å². The number of ether oxygens (including phenoxy) is 2. The van der Waals surface area contributed by atoms with Gasteiger partial charge in [0, 0.05) is 16.3 Å². The Morgan fingerprint density at radius 2 is 1.73 bits per heavy atom. The van der Waals surface area contributed by atoms with Crippen molar-refractivity contribution in [3.8, 4) is 22.8 Å². The summed E-state index contributed by atoms with van der Waals surface area (Å²) >= 11 is 12.4. The van der Waals surface area contributed by atoms with E-state index in [0.717, 1.165) is 0 Å². The minimum absolute atomic E-state index is 0.107. The lowest BCUT2D eigenvalue weighted by Crippen LogP contribution is -2.31. The molecule has 0 spiro atoms. The Balaban J connectivity index is 1.73. The first-order chi connectivity index (χ1) is 15.9. The van der Waals surface area contributed by atoms with Gasteiger partial charge in [-0.15, -0.1) is 0 Å². The second kappa shape index (κ2) is 9.57. The molecular weight excluding hydrogens is 465 g/mol. The van der Waals surface area contributed by atoms with Gasteiger partial charge < -0.3 is 19.2 Å². The average molecular weight is 484 g/mol.